The number of fused-ring (bicyclic) bond motifs is 7. The second kappa shape index (κ2) is 4.96. The summed E-state index contributed by atoms with van der Waals surface area (Å²) in [5, 5.41) is 12.8. The summed E-state index contributed by atoms with van der Waals surface area (Å²) in [5.41, 5.74) is 2.17. The van der Waals surface area contributed by atoms with Crippen LogP contribution in [-0.4, -0.2) is 4.98 Å². The van der Waals surface area contributed by atoms with E-state index in [2.05, 4.69) is 91.0 Å². The number of hydrogen-bond acceptors (Lipinski definition) is 1. The summed E-state index contributed by atoms with van der Waals surface area (Å²) in [6.45, 7) is 0. The molecule has 0 saturated heterocycles. The molecule has 0 amide bonds. The molecule has 7 aromatic rings. The topological polar surface area (TPSA) is 12.9 Å². The molecule has 28 heavy (non-hydrogen) atoms. The van der Waals surface area contributed by atoms with Crippen molar-refractivity contribution in [3.8, 4) is 0 Å². The Morgan fingerprint density at radius 1 is 0.393 bits per heavy atom. The highest BCUT2D eigenvalue weighted by Crippen LogP contribution is 2.43. The summed E-state index contributed by atoms with van der Waals surface area (Å²) in [4.78, 5) is 5.16. The van der Waals surface area contributed by atoms with Crippen LogP contribution in [0.2, 0.25) is 0 Å². The first-order chi connectivity index (χ1) is 13.9. The van der Waals surface area contributed by atoms with Crippen LogP contribution in [-0.2, 0) is 0 Å². The lowest BCUT2D eigenvalue weighted by atomic mass is 9.89. The standard InChI is InChI=1S/C27H15N/c1-2-8-18-16(6-1)12-14-22-25-21-10-4-3-9-19(21)20-11-5-7-17-13-15-23(28-27(18)22)26(25)24(17)20/h1-15H. The third kappa shape index (κ3) is 1.65. The molecule has 0 radical (unpaired) electrons. The molecule has 7 rings (SSSR count). The number of benzene rings is 6. The van der Waals surface area contributed by atoms with Crippen LogP contribution < -0.4 is 0 Å². The molecule has 0 aliphatic heterocycles. The van der Waals surface area contributed by atoms with Crippen molar-refractivity contribution in [1.29, 1.82) is 0 Å². The molecular weight excluding hydrogens is 338 g/mol. The van der Waals surface area contributed by atoms with Crippen molar-refractivity contribution in [3.63, 3.8) is 0 Å². The van der Waals surface area contributed by atoms with E-state index in [-0.39, 0.29) is 0 Å². The van der Waals surface area contributed by atoms with Crippen molar-refractivity contribution in [1.82, 2.24) is 4.98 Å². The number of nitrogens with zero attached hydrogens (tertiary/aromatic N) is 1. The molecule has 0 bridgehead atoms. The van der Waals surface area contributed by atoms with Gasteiger partial charge in [0.1, 0.15) is 0 Å². The van der Waals surface area contributed by atoms with Crippen LogP contribution in [0.4, 0.5) is 0 Å². The zero-order valence-corrected chi connectivity index (χ0v) is 15.1. The minimum absolute atomic E-state index is 1.08. The van der Waals surface area contributed by atoms with Gasteiger partial charge in [0.2, 0.25) is 0 Å². The summed E-state index contributed by atoms with van der Waals surface area (Å²) in [7, 11) is 0. The highest BCUT2D eigenvalue weighted by atomic mass is 14.7. The fraction of sp³-hybridized carbons (Fsp3) is 0. The van der Waals surface area contributed by atoms with Gasteiger partial charge in [0.05, 0.1) is 11.0 Å². The minimum atomic E-state index is 1.08. The SMILES string of the molecule is c1ccc2c(c1)ccc1c2nc2ccc3cccc4c5ccccc5c1c2c34. The van der Waals surface area contributed by atoms with Crippen LogP contribution in [0.1, 0.15) is 0 Å². The molecule has 0 atom stereocenters. The van der Waals surface area contributed by atoms with Gasteiger partial charge in [-0.1, -0.05) is 84.9 Å². The van der Waals surface area contributed by atoms with Gasteiger partial charge in [-0.2, -0.15) is 0 Å². The molecule has 1 aromatic heterocycles. The van der Waals surface area contributed by atoms with Crippen molar-refractivity contribution in [3.05, 3.63) is 91.0 Å². The Hall–Kier alpha value is -3.71. The van der Waals surface area contributed by atoms with Crippen molar-refractivity contribution in [2.75, 3.05) is 0 Å². The van der Waals surface area contributed by atoms with Gasteiger partial charge in [-0.05, 0) is 38.4 Å². The Balaban J connectivity index is 1.93. The van der Waals surface area contributed by atoms with E-state index in [0.717, 1.165) is 11.0 Å². The van der Waals surface area contributed by atoms with Crippen molar-refractivity contribution in [2.24, 2.45) is 0 Å². The van der Waals surface area contributed by atoms with E-state index in [1.807, 2.05) is 0 Å². The lowest BCUT2D eigenvalue weighted by Crippen LogP contribution is -1.92. The second-order valence-electron chi connectivity index (χ2n) is 7.58. The molecule has 1 heterocycles. The molecule has 0 saturated carbocycles. The van der Waals surface area contributed by atoms with Crippen LogP contribution in [0, 0.1) is 0 Å². The molecule has 128 valence electrons. The van der Waals surface area contributed by atoms with Gasteiger partial charge >= 0.3 is 0 Å². The highest BCUT2D eigenvalue weighted by Gasteiger charge is 2.17. The van der Waals surface area contributed by atoms with Crippen LogP contribution in [0.5, 0.6) is 0 Å². The molecule has 0 unspecified atom stereocenters. The van der Waals surface area contributed by atoms with E-state index in [9.17, 15) is 0 Å². The smallest absolute Gasteiger partial charge is 0.0794 e. The van der Waals surface area contributed by atoms with Gasteiger partial charge in [-0.3, -0.25) is 0 Å². The number of aromatic nitrogens is 1. The van der Waals surface area contributed by atoms with E-state index in [4.69, 9.17) is 4.98 Å². The molecule has 0 N–H and O–H groups in total. The molecule has 0 fully saturated rings. The van der Waals surface area contributed by atoms with E-state index in [1.165, 1.54) is 53.9 Å². The average Bonchev–Trinajstić information content (AvgIpc) is 2.77. The Kier molecular flexibility index (Phi) is 2.54. The molecule has 6 aromatic carbocycles. The first-order valence-electron chi connectivity index (χ1n) is 9.67. The van der Waals surface area contributed by atoms with E-state index < -0.39 is 0 Å². The maximum atomic E-state index is 5.16. The van der Waals surface area contributed by atoms with Crippen LogP contribution in [0.15, 0.2) is 91.0 Å². The lowest BCUT2D eigenvalue weighted by Gasteiger charge is -2.16. The first-order valence-corrected chi connectivity index (χ1v) is 9.67. The van der Waals surface area contributed by atoms with Crippen molar-refractivity contribution in [2.45, 2.75) is 0 Å². The summed E-state index contributed by atoms with van der Waals surface area (Å²) >= 11 is 0. The van der Waals surface area contributed by atoms with Crippen LogP contribution in [0.25, 0.3) is 64.9 Å². The summed E-state index contributed by atoms with van der Waals surface area (Å²) < 4.78 is 0. The van der Waals surface area contributed by atoms with Gasteiger partial charge in [0.25, 0.3) is 0 Å². The third-order valence-corrected chi connectivity index (χ3v) is 6.16. The fourth-order valence-electron chi connectivity index (χ4n) is 4.99. The predicted octanol–water partition coefficient (Wildman–Crippen LogP) is 7.44. The maximum Gasteiger partial charge on any atom is 0.0794 e. The normalized spacial score (nSPS) is 12.3. The van der Waals surface area contributed by atoms with Gasteiger partial charge < -0.3 is 0 Å². The molecule has 0 aliphatic carbocycles. The largest absolute Gasteiger partial charge is 0.247 e. The average molecular weight is 353 g/mol. The van der Waals surface area contributed by atoms with E-state index in [1.54, 1.807) is 0 Å². The summed E-state index contributed by atoms with van der Waals surface area (Å²) in [6.07, 6.45) is 0. The van der Waals surface area contributed by atoms with Gasteiger partial charge in [-0.25, -0.2) is 4.98 Å². The quantitative estimate of drug-likeness (QED) is 0.204. The van der Waals surface area contributed by atoms with Gasteiger partial charge in [0.15, 0.2) is 0 Å². The Morgan fingerprint density at radius 2 is 1.07 bits per heavy atom. The number of rotatable bonds is 0. The Labute approximate surface area is 161 Å². The van der Waals surface area contributed by atoms with Crippen molar-refractivity contribution >= 4 is 64.9 Å². The van der Waals surface area contributed by atoms with E-state index in [0.29, 0.717) is 0 Å². The van der Waals surface area contributed by atoms with E-state index >= 15 is 0 Å². The zero-order chi connectivity index (χ0) is 18.2. The fourth-order valence-corrected chi connectivity index (χ4v) is 4.99. The molecule has 1 nitrogen and oxygen atoms in total. The number of hydrogen-bond donors (Lipinski definition) is 0. The molecule has 0 aliphatic rings. The van der Waals surface area contributed by atoms with Gasteiger partial charge in [-0.15, -0.1) is 0 Å². The summed E-state index contributed by atoms with van der Waals surface area (Å²) in [5.74, 6) is 0. The lowest BCUT2D eigenvalue weighted by molar-refractivity contribution is 1.53. The predicted molar refractivity (Wildman–Crippen MR) is 120 cm³/mol. The third-order valence-electron chi connectivity index (χ3n) is 6.16. The van der Waals surface area contributed by atoms with Crippen molar-refractivity contribution < 1.29 is 0 Å². The zero-order valence-electron chi connectivity index (χ0n) is 15.1. The highest BCUT2D eigenvalue weighted by molar-refractivity contribution is 6.38. The second-order valence-corrected chi connectivity index (χ2v) is 7.58. The maximum absolute atomic E-state index is 5.16. The molecular formula is C27H15N. The summed E-state index contributed by atoms with van der Waals surface area (Å²) in [6, 6.07) is 32.8. The van der Waals surface area contributed by atoms with Crippen LogP contribution >= 0.6 is 0 Å². The number of pyridine rings is 1. The molecule has 1 heteroatoms. The Bertz CT molecular complexity index is 1710. The minimum Gasteiger partial charge on any atom is -0.247 e. The first kappa shape index (κ1) is 14.4. The van der Waals surface area contributed by atoms with Gasteiger partial charge in [0, 0.05) is 21.5 Å². The Morgan fingerprint density at radius 3 is 2.00 bits per heavy atom. The van der Waals surface area contributed by atoms with Crippen LogP contribution in [0.3, 0.4) is 0 Å². The monoisotopic (exact) mass is 353 g/mol. The molecule has 0 spiro atoms.